The van der Waals surface area contributed by atoms with Crippen LogP contribution in [0, 0.1) is 0 Å². The van der Waals surface area contributed by atoms with Gasteiger partial charge in [-0.3, -0.25) is 4.98 Å². The number of nitrogens with one attached hydrogen (secondary N) is 1. The number of benzene rings is 1. The van der Waals surface area contributed by atoms with Gasteiger partial charge in [0.2, 0.25) is 0 Å². The van der Waals surface area contributed by atoms with Gasteiger partial charge in [-0.05, 0) is 37.1 Å². The summed E-state index contributed by atoms with van der Waals surface area (Å²) in [5, 5.41) is 4.13. The molecule has 0 spiro atoms. The van der Waals surface area contributed by atoms with Gasteiger partial charge in [0.1, 0.15) is 0 Å². The van der Waals surface area contributed by atoms with E-state index >= 15 is 0 Å². The lowest BCUT2D eigenvalue weighted by Crippen LogP contribution is -2.24. The van der Waals surface area contributed by atoms with Gasteiger partial charge in [-0.15, -0.1) is 0 Å². The first-order valence-corrected chi connectivity index (χ1v) is 7.14. The highest BCUT2D eigenvalue weighted by molar-refractivity contribution is 5.78. The normalized spacial score (nSPS) is 13.5. The summed E-state index contributed by atoms with van der Waals surface area (Å²) in [5.74, 6) is 0. The van der Waals surface area contributed by atoms with E-state index in [0.29, 0.717) is 6.54 Å². The molecule has 2 rings (SSSR count). The van der Waals surface area contributed by atoms with Crippen molar-refractivity contribution in [3.05, 3.63) is 42.1 Å². The van der Waals surface area contributed by atoms with E-state index in [1.807, 2.05) is 37.3 Å². The van der Waals surface area contributed by atoms with E-state index < -0.39 is 12.6 Å². The van der Waals surface area contributed by atoms with E-state index in [2.05, 4.69) is 10.3 Å². The van der Waals surface area contributed by atoms with Crippen molar-refractivity contribution >= 4 is 10.9 Å². The van der Waals surface area contributed by atoms with Gasteiger partial charge in [0.15, 0.2) is 0 Å². The van der Waals surface area contributed by atoms with Crippen LogP contribution in [0.1, 0.15) is 37.8 Å². The van der Waals surface area contributed by atoms with Crippen LogP contribution in [0.2, 0.25) is 0 Å². The van der Waals surface area contributed by atoms with Gasteiger partial charge < -0.3 is 5.32 Å². The molecule has 1 aromatic heterocycles. The fourth-order valence-corrected chi connectivity index (χ4v) is 2.29. The summed E-state index contributed by atoms with van der Waals surface area (Å²) in [4.78, 5) is 4.33. The third-order valence-corrected chi connectivity index (χ3v) is 3.37. The molecule has 1 N–H and O–H groups in total. The standard InChI is InChI=1S/C16H19F3N2/c1-2-9-20-15(7-8-16(17,18)19)13-10-12-5-3-4-6-14(12)21-11-13/h3-6,10-11,15,20H,2,7-9H2,1H3. The quantitative estimate of drug-likeness (QED) is 0.841. The Kier molecular flexibility index (Phi) is 5.17. The van der Waals surface area contributed by atoms with Crippen molar-refractivity contribution in [1.29, 1.82) is 0 Å². The zero-order valence-corrected chi connectivity index (χ0v) is 12.0. The second-order valence-corrected chi connectivity index (χ2v) is 5.12. The molecule has 2 aromatic rings. The predicted molar refractivity (Wildman–Crippen MR) is 78.1 cm³/mol. The van der Waals surface area contributed by atoms with Crippen molar-refractivity contribution in [1.82, 2.24) is 10.3 Å². The van der Waals surface area contributed by atoms with Gasteiger partial charge in [0.05, 0.1) is 5.52 Å². The molecule has 0 radical (unpaired) electrons. The molecule has 0 saturated carbocycles. The Balaban J connectivity index is 2.20. The molecule has 0 aliphatic heterocycles. The lowest BCUT2D eigenvalue weighted by Gasteiger charge is -2.20. The number of pyridine rings is 1. The molecule has 5 heteroatoms. The highest BCUT2D eigenvalue weighted by Gasteiger charge is 2.28. The summed E-state index contributed by atoms with van der Waals surface area (Å²) in [6, 6.07) is 9.22. The summed E-state index contributed by atoms with van der Waals surface area (Å²) in [6.45, 7) is 2.68. The number of alkyl halides is 3. The molecule has 0 aliphatic rings. The number of aromatic nitrogens is 1. The molecule has 1 atom stereocenters. The first-order valence-electron chi connectivity index (χ1n) is 7.14. The Bertz CT molecular complexity index is 581. The predicted octanol–water partition coefficient (Wildman–Crippen LogP) is 4.62. The summed E-state index contributed by atoms with van der Waals surface area (Å²) in [6.07, 6.45) is -2.34. The van der Waals surface area contributed by atoms with Gasteiger partial charge in [-0.2, -0.15) is 13.2 Å². The van der Waals surface area contributed by atoms with Gasteiger partial charge >= 0.3 is 6.18 Å². The minimum absolute atomic E-state index is 0.0313. The number of para-hydroxylation sites is 1. The van der Waals surface area contributed by atoms with Crippen LogP contribution >= 0.6 is 0 Å². The largest absolute Gasteiger partial charge is 0.389 e. The Hall–Kier alpha value is -1.62. The number of nitrogens with zero attached hydrogens (tertiary/aromatic N) is 1. The number of halogens is 3. The maximum Gasteiger partial charge on any atom is 0.389 e. The van der Waals surface area contributed by atoms with Crippen molar-refractivity contribution in [2.75, 3.05) is 6.54 Å². The molecule has 21 heavy (non-hydrogen) atoms. The van der Waals surface area contributed by atoms with Crippen molar-refractivity contribution in [3.8, 4) is 0 Å². The number of hydrogen-bond donors (Lipinski definition) is 1. The minimum atomic E-state index is -4.13. The number of hydrogen-bond acceptors (Lipinski definition) is 2. The highest BCUT2D eigenvalue weighted by atomic mass is 19.4. The van der Waals surface area contributed by atoms with E-state index in [9.17, 15) is 13.2 Å². The summed E-state index contributed by atoms with van der Waals surface area (Å²) < 4.78 is 37.4. The fraction of sp³-hybridized carbons (Fsp3) is 0.438. The smallest absolute Gasteiger partial charge is 0.310 e. The monoisotopic (exact) mass is 296 g/mol. The topological polar surface area (TPSA) is 24.9 Å². The summed E-state index contributed by atoms with van der Waals surface area (Å²) in [7, 11) is 0. The molecular weight excluding hydrogens is 277 g/mol. The van der Waals surface area contributed by atoms with E-state index in [0.717, 1.165) is 22.9 Å². The highest BCUT2D eigenvalue weighted by Crippen LogP contribution is 2.28. The van der Waals surface area contributed by atoms with E-state index in [-0.39, 0.29) is 12.5 Å². The summed E-state index contributed by atoms with van der Waals surface area (Å²) in [5.41, 5.74) is 1.66. The second-order valence-electron chi connectivity index (χ2n) is 5.12. The van der Waals surface area contributed by atoms with Gasteiger partial charge in [-0.1, -0.05) is 25.1 Å². The molecule has 0 fully saturated rings. The van der Waals surface area contributed by atoms with Crippen molar-refractivity contribution in [3.63, 3.8) is 0 Å². The zero-order chi connectivity index (χ0) is 15.3. The lowest BCUT2D eigenvalue weighted by atomic mass is 10.0. The minimum Gasteiger partial charge on any atom is -0.310 e. The SMILES string of the molecule is CCCNC(CCC(F)(F)F)c1cnc2ccccc2c1. The van der Waals surface area contributed by atoms with Crippen molar-refractivity contribution < 1.29 is 13.2 Å². The van der Waals surface area contributed by atoms with Crippen LogP contribution in [0.15, 0.2) is 36.5 Å². The fourth-order valence-electron chi connectivity index (χ4n) is 2.29. The Morgan fingerprint density at radius 2 is 2.00 bits per heavy atom. The molecule has 1 heterocycles. The average molecular weight is 296 g/mol. The number of fused-ring (bicyclic) bond motifs is 1. The van der Waals surface area contributed by atoms with E-state index in [1.54, 1.807) is 6.20 Å². The summed E-state index contributed by atoms with van der Waals surface area (Å²) >= 11 is 0. The van der Waals surface area contributed by atoms with Gasteiger partial charge in [-0.25, -0.2) is 0 Å². The van der Waals surface area contributed by atoms with Crippen LogP contribution in [0.3, 0.4) is 0 Å². The Morgan fingerprint density at radius 3 is 2.71 bits per heavy atom. The third kappa shape index (κ3) is 4.70. The van der Waals surface area contributed by atoms with Crippen molar-refractivity contribution in [2.45, 2.75) is 38.4 Å². The molecule has 114 valence electrons. The first-order chi connectivity index (χ1) is 9.99. The first kappa shape index (κ1) is 15.8. The van der Waals surface area contributed by atoms with Crippen LogP contribution in [0.4, 0.5) is 13.2 Å². The number of rotatable bonds is 6. The molecule has 0 amide bonds. The van der Waals surface area contributed by atoms with E-state index in [1.165, 1.54) is 0 Å². The zero-order valence-electron chi connectivity index (χ0n) is 12.0. The molecule has 0 bridgehead atoms. The maximum absolute atomic E-state index is 12.5. The molecule has 1 aromatic carbocycles. The molecule has 0 saturated heterocycles. The van der Waals surface area contributed by atoms with Crippen LogP contribution in [-0.2, 0) is 0 Å². The van der Waals surface area contributed by atoms with Gasteiger partial charge in [0, 0.05) is 24.0 Å². The van der Waals surface area contributed by atoms with Crippen LogP contribution in [-0.4, -0.2) is 17.7 Å². The lowest BCUT2D eigenvalue weighted by molar-refractivity contribution is -0.136. The Labute approximate surface area is 122 Å². The molecule has 1 unspecified atom stereocenters. The van der Waals surface area contributed by atoms with Crippen LogP contribution in [0.25, 0.3) is 10.9 Å². The third-order valence-electron chi connectivity index (χ3n) is 3.37. The maximum atomic E-state index is 12.5. The second kappa shape index (κ2) is 6.89. The van der Waals surface area contributed by atoms with Crippen LogP contribution < -0.4 is 5.32 Å². The van der Waals surface area contributed by atoms with Crippen LogP contribution in [0.5, 0.6) is 0 Å². The molecular formula is C16H19F3N2. The Morgan fingerprint density at radius 1 is 1.24 bits per heavy atom. The molecule has 2 nitrogen and oxygen atoms in total. The van der Waals surface area contributed by atoms with E-state index in [4.69, 9.17) is 0 Å². The molecule has 0 aliphatic carbocycles. The van der Waals surface area contributed by atoms with Gasteiger partial charge in [0.25, 0.3) is 0 Å². The van der Waals surface area contributed by atoms with Crippen molar-refractivity contribution in [2.24, 2.45) is 0 Å². The average Bonchev–Trinajstić information content (AvgIpc) is 2.46.